The second-order valence-electron chi connectivity index (χ2n) is 5.77. The molecule has 0 heterocycles. The van der Waals surface area contributed by atoms with E-state index in [4.69, 9.17) is 15.6 Å². The van der Waals surface area contributed by atoms with Crippen molar-refractivity contribution >= 4 is 17.3 Å². The number of halogens is 2. The first-order valence-electron chi connectivity index (χ1n) is 7.90. The van der Waals surface area contributed by atoms with Crippen molar-refractivity contribution in [2.45, 2.75) is 19.4 Å². The van der Waals surface area contributed by atoms with Crippen molar-refractivity contribution < 1.29 is 28.5 Å². The van der Waals surface area contributed by atoms with E-state index >= 15 is 0 Å². The number of carbonyl (C=O) groups excluding carboxylic acids is 1. The molecule has 1 unspecified atom stereocenters. The van der Waals surface area contributed by atoms with Gasteiger partial charge in [0, 0.05) is 12.5 Å². The fourth-order valence-corrected chi connectivity index (χ4v) is 2.31. The summed E-state index contributed by atoms with van der Waals surface area (Å²) in [6, 6.07) is 6.39. The molecule has 2 aromatic carbocycles. The van der Waals surface area contributed by atoms with Crippen molar-refractivity contribution in [2.24, 2.45) is 5.73 Å². The number of primary amides is 1. The second kappa shape index (κ2) is 8.59. The summed E-state index contributed by atoms with van der Waals surface area (Å²) < 4.78 is 33.3. The molecular weight excluding hydrogens is 346 g/mol. The molecule has 2 rings (SSSR count). The monoisotopic (exact) mass is 366 g/mol. The maximum absolute atomic E-state index is 14.0. The maximum Gasteiger partial charge on any atom is 0.254 e. The fourth-order valence-electron chi connectivity index (χ4n) is 2.31. The quantitative estimate of drug-likeness (QED) is 0.574. The Morgan fingerprint density at radius 2 is 2.00 bits per heavy atom. The molecule has 0 saturated heterocycles. The number of aryl methyl sites for hydroxylation is 1. The average molecular weight is 366 g/mol. The van der Waals surface area contributed by atoms with Crippen LogP contribution in [0.2, 0.25) is 0 Å². The lowest BCUT2D eigenvalue weighted by atomic mass is 10.1. The third kappa shape index (κ3) is 4.90. The zero-order chi connectivity index (χ0) is 19.3. The number of rotatable bonds is 8. The molecular formula is C18H20F2N2O4. The summed E-state index contributed by atoms with van der Waals surface area (Å²) >= 11 is 0. The van der Waals surface area contributed by atoms with Crippen LogP contribution in [0.15, 0.2) is 30.3 Å². The molecule has 0 radical (unpaired) electrons. The van der Waals surface area contributed by atoms with E-state index in [1.165, 1.54) is 12.1 Å². The van der Waals surface area contributed by atoms with Crippen LogP contribution < -0.4 is 15.8 Å². The van der Waals surface area contributed by atoms with Gasteiger partial charge in [-0.2, -0.15) is 0 Å². The number of ether oxygens (including phenoxy) is 1. The van der Waals surface area contributed by atoms with Gasteiger partial charge < -0.3 is 26.0 Å². The van der Waals surface area contributed by atoms with Gasteiger partial charge in [-0.1, -0.05) is 6.07 Å². The molecule has 6 nitrogen and oxygen atoms in total. The van der Waals surface area contributed by atoms with Gasteiger partial charge in [-0.3, -0.25) is 4.79 Å². The molecule has 0 aliphatic carbocycles. The van der Waals surface area contributed by atoms with Crippen molar-refractivity contribution in [1.82, 2.24) is 0 Å². The number of aliphatic hydroxyl groups is 2. The van der Waals surface area contributed by atoms with Gasteiger partial charge in [0.1, 0.15) is 22.9 Å². The first-order valence-corrected chi connectivity index (χ1v) is 7.90. The minimum atomic E-state index is -1.00. The van der Waals surface area contributed by atoms with Crippen LogP contribution in [0.5, 0.6) is 5.75 Å². The van der Waals surface area contributed by atoms with Gasteiger partial charge in [0.25, 0.3) is 5.91 Å². The number of nitrogens with one attached hydrogen (secondary N) is 1. The molecule has 1 atom stereocenters. The van der Waals surface area contributed by atoms with Crippen LogP contribution in [0.4, 0.5) is 20.2 Å². The lowest BCUT2D eigenvalue weighted by Gasteiger charge is -2.16. The number of carbonyl (C=O) groups is 1. The predicted octanol–water partition coefficient (Wildman–Crippen LogP) is 2.24. The number of nitrogens with two attached hydrogens (primary N) is 1. The zero-order valence-corrected chi connectivity index (χ0v) is 14.1. The minimum absolute atomic E-state index is 0.0436. The molecule has 0 aromatic heterocycles. The highest BCUT2D eigenvalue weighted by Crippen LogP contribution is 2.31. The molecule has 0 aliphatic rings. The first kappa shape index (κ1) is 19.6. The van der Waals surface area contributed by atoms with Gasteiger partial charge in [-0.15, -0.1) is 0 Å². The normalized spacial score (nSPS) is 11.9. The number of benzene rings is 2. The van der Waals surface area contributed by atoms with Gasteiger partial charge >= 0.3 is 0 Å². The van der Waals surface area contributed by atoms with E-state index in [2.05, 4.69) is 5.32 Å². The zero-order valence-electron chi connectivity index (χ0n) is 14.1. The number of hydrogen-bond donors (Lipinski definition) is 4. The Morgan fingerprint density at radius 3 is 2.62 bits per heavy atom. The molecule has 0 fully saturated rings. The van der Waals surface area contributed by atoms with E-state index in [9.17, 15) is 18.7 Å². The van der Waals surface area contributed by atoms with E-state index < -0.39 is 30.3 Å². The van der Waals surface area contributed by atoms with Crippen LogP contribution >= 0.6 is 0 Å². The molecule has 0 aliphatic heterocycles. The molecule has 0 saturated carbocycles. The number of hydrogen-bond acceptors (Lipinski definition) is 5. The lowest BCUT2D eigenvalue weighted by molar-refractivity contribution is 0.0751. The average Bonchev–Trinajstić information content (AvgIpc) is 2.56. The minimum Gasteiger partial charge on any atom is -0.492 e. The molecule has 5 N–H and O–H groups in total. The van der Waals surface area contributed by atoms with Crippen LogP contribution in [0.1, 0.15) is 22.3 Å². The van der Waals surface area contributed by atoms with E-state index in [0.29, 0.717) is 5.56 Å². The smallest absolute Gasteiger partial charge is 0.254 e. The Hall–Kier alpha value is -2.71. The Morgan fingerprint density at radius 1 is 1.27 bits per heavy atom. The first-order chi connectivity index (χ1) is 12.3. The molecule has 1 amide bonds. The van der Waals surface area contributed by atoms with Crippen molar-refractivity contribution in [1.29, 1.82) is 0 Å². The highest BCUT2D eigenvalue weighted by molar-refractivity contribution is 6.02. The van der Waals surface area contributed by atoms with Crippen molar-refractivity contribution in [2.75, 3.05) is 18.5 Å². The lowest BCUT2D eigenvalue weighted by Crippen LogP contribution is -2.19. The third-order valence-corrected chi connectivity index (χ3v) is 3.63. The summed E-state index contributed by atoms with van der Waals surface area (Å²) in [6.45, 7) is 1.19. The van der Waals surface area contributed by atoms with E-state index in [1.807, 2.05) is 0 Å². The summed E-state index contributed by atoms with van der Waals surface area (Å²) in [6.07, 6.45) is -0.930. The van der Waals surface area contributed by atoms with Gasteiger partial charge in [0.15, 0.2) is 0 Å². The Kier molecular flexibility index (Phi) is 6.48. The van der Waals surface area contributed by atoms with Gasteiger partial charge in [0.05, 0.1) is 30.7 Å². The van der Waals surface area contributed by atoms with Crippen LogP contribution in [-0.4, -0.2) is 35.4 Å². The van der Waals surface area contributed by atoms with E-state index in [0.717, 1.165) is 12.1 Å². The van der Waals surface area contributed by atoms with Crippen molar-refractivity contribution in [3.8, 4) is 5.75 Å². The topological polar surface area (TPSA) is 105 Å². The summed E-state index contributed by atoms with van der Waals surface area (Å²) in [5, 5.41) is 20.8. The van der Waals surface area contributed by atoms with E-state index in [1.54, 1.807) is 13.0 Å². The summed E-state index contributed by atoms with van der Waals surface area (Å²) in [5.41, 5.74) is 5.93. The standard InChI is InChI=1S/C18H20F2N2O4/c1-10-2-3-14(13(20)6-10)22-15-7-11(19)8-16(17(15)18(21)25)26-5-4-12(24)9-23/h2-3,6-8,12,22-24H,4-5,9H2,1H3,(H2,21,25). The number of amides is 1. The highest BCUT2D eigenvalue weighted by atomic mass is 19.1. The molecule has 2 aromatic rings. The summed E-state index contributed by atoms with van der Waals surface area (Å²) in [4.78, 5) is 11.8. The van der Waals surface area contributed by atoms with Crippen LogP contribution in [0.25, 0.3) is 0 Å². The maximum atomic E-state index is 14.0. The molecule has 0 spiro atoms. The summed E-state index contributed by atoms with van der Waals surface area (Å²) in [5.74, 6) is -2.32. The second-order valence-corrected chi connectivity index (χ2v) is 5.77. The fraction of sp³-hybridized carbons (Fsp3) is 0.278. The SMILES string of the molecule is Cc1ccc(Nc2cc(F)cc(OCCC(O)CO)c2C(N)=O)c(F)c1. The largest absolute Gasteiger partial charge is 0.492 e. The highest BCUT2D eigenvalue weighted by Gasteiger charge is 2.19. The Balaban J connectivity index is 2.34. The van der Waals surface area contributed by atoms with Crippen LogP contribution in [0, 0.1) is 18.6 Å². The molecule has 26 heavy (non-hydrogen) atoms. The summed E-state index contributed by atoms with van der Waals surface area (Å²) in [7, 11) is 0. The van der Waals surface area contributed by atoms with E-state index in [-0.39, 0.29) is 35.7 Å². The van der Waals surface area contributed by atoms with Crippen LogP contribution in [0.3, 0.4) is 0 Å². The molecule has 8 heteroatoms. The van der Waals surface area contributed by atoms with Gasteiger partial charge in [0.2, 0.25) is 0 Å². The van der Waals surface area contributed by atoms with Gasteiger partial charge in [-0.25, -0.2) is 8.78 Å². The number of aliphatic hydroxyl groups excluding tert-OH is 2. The third-order valence-electron chi connectivity index (χ3n) is 3.63. The Labute approximate surface area is 149 Å². The van der Waals surface area contributed by atoms with Gasteiger partial charge in [-0.05, 0) is 30.7 Å². The Bertz CT molecular complexity index is 799. The molecule has 0 bridgehead atoms. The molecule has 140 valence electrons. The van der Waals surface area contributed by atoms with Crippen molar-refractivity contribution in [3.63, 3.8) is 0 Å². The van der Waals surface area contributed by atoms with Crippen LogP contribution in [-0.2, 0) is 0 Å². The number of anilines is 2. The van der Waals surface area contributed by atoms with Crippen molar-refractivity contribution in [3.05, 3.63) is 53.1 Å². The predicted molar refractivity (Wildman–Crippen MR) is 92.5 cm³/mol.